The van der Waals surface area contributed by atoms with Gasteiger partial charge in [-0.15, -0.1) is 0 Å². The topological polar surface area (TPSA) is 66.5 Å². The number of halogens is 1. The van der Waals surface area contributed by atoms with Crippen molar-refractivity contribution < 1.29 is 10.2 Å². The number of aliphatic hydroxyl groups is 1. The Kier molecular flexibility index (Phi) is 3.38. The Morgan fingerprint density at radius 3 is 2.75 bits per heavy atom. The molecule has 0 aliphatic heterocycles. The van der Waals surface area contributed by atoms with Crippen molar-refractivity contribution in [3.8, 4) is 5.75 Å². The van der Waals surface area contributed by atoms with Crippen molar-refractivity contribution >= 4 is 11.6 Å². The molecule has 0 bridgehead atoms. The minimum atomic E-state index is -0.828. The minimum Gasteiger partial charge on any atom is -0.506 e. The lowest BCUT2D eigenvalue weighted by atomic mass is 9.86. The van der Waals surface area contributed by atoms with E-state index in [1.54, 1.807) is 6.07 Å². The summed E-state index contributed by atoms with van der Waals surface area (Å²) < 4.78 is 0. The van der Waals surface area contributed by atoms with Crippen LogP contribution in [0.2, 0.25) is 5.02 Å². The predicted molar refractivity (Wildman–Crippen MR) is 63.8 cm³/mol. The van der Waals surface area contributed by atoms with Crippen LogP contribution in [0.3, 0.4) is 0 Å². The molecule has 3 nitrogen and oxygen atoms in total. The normalized spacial score (nSPS) is 16.9. The molecular formula is C12H16ClNO2. The van der Waals surface area contributed by atoms with Gasteiger partial charge in [0.05, 0.1) is 11.1 Å². The Bertz CT molecular complexity index is 406. The first-order chi connectivity index (χ1) is 7.65. The molecular weight excluding hydrogens is 226 g/mol. The van der Waals surface area contributed by atoms with Gasteiger partial charge in [0.25, 0.3) is 0 Å². The van der Waals surface area contributed by atoms with Gasteiger partial charge in [0, 0.05) is 12.1 Å². The number of nitrogens with two attached hydrogens (primary N) is 1. The fourth-order valence-electron chi connectivity index (χ4n) is 2.37. The van der Waals surface area contributed by atoms with Crippen LogP contribution in [0, 0.1) is 0 Å². The van der Waals surface area contributed by atoms with Gasteiger partial charge >= 0.3 is 0 Å². The van der Waals surface area contributed by atoms with E-state index in [4.69, 9.17) is 17.3 Å². The molecule has 0 saturated heterocycles. The second-order valence-corrected chi connectivity index (χ2v) is 4.62. The molecule has 1 aromatic rings. The molecule has 0 heterocycles. The Balaban J connectivity index is 2.59. The monoisotopic (exact) mass is 241 g/mol. The van der Waals surface area contributed by atoms with Crippen LogP contribution in [0.1, 0.15) is 35.6 Å². The van der Waals surface area contributed by atoms with Gasteiger partial charge in [-0.25, -0.2) is 0 Å². The number of hydrogen-bond acceptors (Lipinski definition) is 3. The van der Waals surface area contributed by atoms with E-state index in [0.717, 1.165) is 36.8 Å². The first-order valence-corrected chi connectivity index (χ1v) is 5.94. The van der Waals surface area contributed by atoms with Crippen molar-refractivity contribution in [1.29, 1.82) is 0 Å². The third kappa shape index (κ3) is 1.90. The molecule has 2 rings (SSSR count). The Morgan fingerprint density at radius 2 is 2.06 bits per heavy atom. The first-order valence-electron chi connectivity index (χ1n) is 5.56. The van der Waals surface area contributed by atoms with Crippen molar-refractivity contribution in [2.45, 2.75) is 31.8 Å². The van der Waals surface area contributed by atoms with E-state index in [9.17, 15) is 10.2 Å². The molecule has 0 fully saturated rings. The van der Waals surface area contributed by atoms with Crippen LogP contribution in [-0.2, 0) is 12.8 Å². The smallest absolute Gasteiger partial charge is 0.140 e. The van der Waals surface area contributed by atoms with E-state index < -0.39 is 6.10 Å². The average Bonchev–Trinajstić information content (AvgIpc) is 2.30. The van der Waals surface area contributed by atoms with Crippen molar-refractivity contribution in [3.63, 3.8) is 0 Å². The van der Waals surface area contributed by atoms with Crippen LogP contribution in [0.25, 0.3) is 0 Å². The van der Waals surface area contributed by atoms with Crippen molar-refractivity contribution in [2.75, 3.05) is 6.54 Å². The van der Waals surface area contributed by atoms with Gasteiger partial charge in [0.1, 0.15) is 5.75 Å². The Labute approximate surface area is 99.8 Å². The van der Waals surface area contributed by atoms with Gasteiger partial charge < -0.3 is 15.9 Å². The summed E-state index contributed by atoms with van der Waals surface area (Å²) in [6.07, 6.45) is 3.22. The molecule has 16 heavy (non-hydrogen) atoms. The number of aliphatic hydroxyl groups excluding tert-OH is 1. The van der Waals surface area contributed by atoms with E-state index in [1.165, 1.54) is 0 Å². The molecule has 88 valence electrons. The highest BCUT2D eigenvalue weighted by Gasteiger charge is 2.23. The summed E-state index contributed by atoms with van der Waals surface area (Å²) in [4.78, 5) is 0. The molecule has 0 radical (unpaired) electrons. The number of phenols is 1. The number of aryl methyl sites for hydroxylation is 1. The van der Waals surface area contributed by atoms with Crippen molar-refractivity contribution in [3.05, 3.63) is 27.8 Å². The lowest BCUT2D eigenvalue weighted by Gasteiger charge is -2.23. The maximum atomic E-state index is 9.91. The van der Waals surface area contributed by atoms with Gasteiger partial charge in [-0.1, -0.05) is 11.6 Å². The summed E-state index contributed by atoms with van der Waals surface area (Å²) in [5.41, 5.74) is 8.15. The van der Waals surface area contributed by atoms with E-state index in [1.807, 2.05) is 0 Å². The van der Waals surface area contributed by atoms with Crippen LogP contribution in [0.15, 0.2) is 6.07 Å². The number of rotatable bonds is 2. The molecule has 0 aromatic heterocycles. The quantitative estimate of drug-likeness (QED) is 0.741. The third-order valence-electron chi connectivity index (χ3n) is 3.17. The molecule has 1 unspecified atom stereocenters. The fraction of sp³-hybridized carbons (Fsp3) is 0.500. The van der Waals surface area contributed by atoms with Crippen LogP contribution in [-0.4, -0.2) is 16.8 Å². The van der Waals surface area contributed by atoms with Crippen LogP contribution in [0.4, 0.5) is 0 Å². The summed E-state index contributed by atoms with van der Waals surface area (Å²) in [5, 5.41) is 20.1. The van der Waals surface area contributed by atoms with Gasteiger partial charge in [0.2, 0.25) is 0 Å². The summed E-state index contributed by atoms with van der Waals surface area (Å²) >= 11 is 5.95. The van der Waals surface area contributed by atoms with Gasteiger partial charge in [-0.3, -0.25) is 0 Å². The molecule has 0 saturated carbocycles. The highest BCUT2D eigenvalue weighted by atomic mass is 35.5. The van der Waals surface area contributed by atoms with Crippen LogP contribution < -0.4 is 5.73 Å². The zero-order valence-corrected chi connectivity index (χ0v) is 9.80. The van der Waals surface area contributed by atoms with Crippen molar-refractivity contribution in [2.24, 2.45) is 5.73 Å². The summed E-state index contributed by atoms with van der Waals surface area (Å²) in [5.74, 6) is -0.0136. The maximum Gasteiger partial charge on any atom is 0.140 e. The zero-order valence-electron chi connectivity index (χ0n) is 9.04. The highest BCUT2D eigenvalue weighted by Crippen LogP contribution is 2.39. The number of phenolic OH excluding ortho intramolecular Hbond substituents is 1. The van der Waals surface area contributed by atoms with Crippen LogP contribution >= 0.6 is 11.6 Å². The van der Waals surface area contributed by atoms with E-state index in [0.29, 0.717) is 10.6 Å². The summed E-state index contributed by atoms with van der Waals surface area (Å²) in [6, 6.07) is 1.80. The van der Waals surface area contributed by atoms with Gasteiger partial charge in [-0.05, 0) is 42.9 Å². The second kappa shape index (κ2) is 4.62. The number of aromatic hydroxyl groups is 1. The molecule has 1 atom stereocenters. The predicted octanol–water partition coefficient (Wildman–Crippen LogP) is 1.92. The second-order valence-electron chi connectivity index (χ2n) is 4.22. The fourth-order valence-corrected chi connectivity index (χ4v) is 2.60. The molecule has 4 heteroatoms. The number of benzene rings is 1. The molecule has 0 spiro atoms. The molecule has 1 aromatic carbocycles. The molecule has 0 amide bonds. The lowest BCUT2D eigenvalue weighted by molar-refractivity contribution is 0.181. The maximum absolute atomic E-state index is 9.91. The number of fused-ring (bicyclic) bond motifs is 1. The lowest BCUT2D eigenvalue weighted by Crippen LogP contribution is -2.16. The highest BCUT2D eigenvalue weighted by molar-refractivity contribution is 6.32. The molecule has 1 aliphatic carbocycles. The van der Waals surface area contributed by atoms with Crippen molar-refractivity contribution in [1.82, 2.24) is 0 Å². The molecule has 4 N–H and O–H groups in total. The van der Waals surface area contributed by atoms with Crippen LogP contribution in [0.5, 0.6) is 5.75 Å². The molecule has 1 aliphatic rings. The summed E-state index contributed by atoms with van der Waals surface area (Å²) in [6.45, 7) is 0.0976. The third-order valence-corrected chi connectivity index (χ3v) is 3.46. The zero-order chi connectivity index (χ0) is 11.7. The van der Waals surface area contributed by atoms with Gasteiger partial charge in [0.15, 0.2) is 0 Å². The first kappa shape index (κ1) is 11.7. The summed E-state index contributed by atoms with van der Waals surface area (Å²) in [7, 11) is 0. The Hall–Kier alpha value is -0.770. The average molecular weight is 242 g/mol. The largest absolute Gasteiger partial charge is 0.506 e. The van der Waals surface area contributed by atoms with E-state index in [-0.39, 0.29) is 12.3 Å². The van der Waals surface area contributed by atoms with E-state index in [2.05, 4.69) is 0 Å². The standard InChI is InChI=1S/C12H16ClNO2/c13-9-5-7-3-1-2-4-8(7)11(12(9)16)10(15)6-14/h5,10,15-16H,1-4,6,14H2. The number of hydrogen-bond donors (Lipinski definition) is 3. The SMILES string of the molecule is NCC(O)c1c(O)c(Cl)cc2c1CCCC2. The Morgan fingerprint density at radius 1 is 1.38 bits per heavy atom. The van der Waals surface area contributed by atoms with E-state index >= 15 is 0 Å². The minimum absolute atomic E-state index is 0.0136. The van der Waals surface area contributed by atoms with Gasteiger partial charge in [-0.2, -0.15) is 0 Å².